The van der Waals surface area contributed by atoms with Gasteiger partial charge in [0.2, 0.25) is 0 Å². The Morgan fingerprint density at radius 1 is 1.16 bits per heavy atom. The number of carbonyl (C=O) groups excluding carboxylic acids is 1. The highest BCUT2D eigenvalue weighted by molar-refractivity contribution is 5.84. The van der Waals surface area contributed by atoms with Gasteiger partial charge in [-0.3, -0.25) is 4.79 Å². The molecule has 0 fully saturated rings. The lowest BCUT2D eigenvalue weighted by atomic mass is 9.86. The molecule has 0 bridgehead atoms. The molecule has 0 heterocycles. The smallest absolute Gasteiger partial charge is 0.140 e. The first kappa shape index (κ1) is 18.6. The molecule has 0 aliphatic heterocycles. The van der Waals surface area contributed by atoms with E-state index in [2.05, 4.69) is 6.92 Å². The minimum absolute atomic E-state index is 0.0479. The molecule has 0 aromatic rings. The first-order chi connectivity index (χ1) is 8.62. The second kappa shape index (κ2) is 8.01. The summed E-state index contributed by atoms with van der Waals surface area (Å²) in [5.74, 6) is 0.251. The quantitative estimate of drug-likeness (QED) is 0.508. The molecular weight excluding hydrogens is 238 g/mol. The lowest BCUT2D eigenvalue weighted by Gasteiger charge is -2.31. The number of rotatable bonds is 9. The fraction of sp³-hybridized carbons (Fsp3) is 0.938. The molecule has 19 heavy (non-hydrogen) atoms. The number of hydrogen-bond acceptors (Lipinski definition) is 3. The van der Waals surface area contributed by atoms with E-state index in [4.69, 9.17) is 10.5 Å². The van der Waals surface area contributed by atoms with E-state index in [-0.39, 0.29) is 17.3 Å². The number of carbonyl (C=O) groups is 1. The normalized spacial score (nSPS) is 17.0. The number of unbranched alkanes of at least 4 members (excludes halogenated alkanes) is 2. The van der Waals surface area contributed by atoms with E-state index in [1.54, 1.807) is 0 Å². The summed E-state index contributed by atoms with van der Waals surface area (Å²) in [4.78, 5) is 12.2. The molecule has 3 heteroatoms. The minimum Gasteiger partial charge on any atom is -0.358 e. The average Bonchev–Trinajstić information content (AvgIpc) is 2.27. The molecule has 0 aromatic carbocycles. The lowest BCUT2D eigenvalue weighted by molar-refractivity contribution is -0.135. The van der Waals surface area contributed by atoms with Gasteiger partial charge in [0.05, 0.1) is 6.10 Å². The summed E-state index contributed by atoms with van der Waals surface area (Å²) in [5, 5.41) is 0. The largest absolute Gasteiger partial charge is 0.358 e. The first-order valence-electron chi connectivity index (χ1n) is 7.62. The predicted octanol–water partition coefficient (Wildman–Crippen LogP) is 4.04. The molecular formula is C16H33NO2. The van der Waals surface area contributed by atoms with Crippen LogP contribution in [0.15, 0.2) is 0 Å². The molecule has 0 aliphatic carbocycles. The Kier molecular flexibility index (Phi) is 7.83. The Morgan fingerprint density at radius 2 is 1.74 bits per heavy atom. The van der Waals surface area contributed by atoms with Crippen LogP contribution in [-0.4, -0.2) is 17.6 Å². The van der Waals surface area contributed by atoms with E-state index in [0.717, 1.165) is 19.3 Å². The zero-order valence-corrected chi connectivity index (χ0v) is 13.7. The van der Waals surface area contributed by atoms with E-state index in [9.17, 15) is 4.79 Å². The summed E-state index contributed by atoms with van der Waals surface area (Å²) in [5.41, 5.74) is 5.14. The first-order valence-corrected chi connectivity index (χ1v) is 7.62. The van der Waals surface area contributed by atoms with Gasteiger partial charge in [-0.2, -0.15) is 0 Å². The van der Waals surface area contributed by atoms with Crippen LogP contribution in [0.1, 0.15) is 80.1 Å². The maximum absolute atomic E-state index is 12.2. The maximum atomic E-state index is 12.2. The van der Waals surface area contributed by atoms with Crippen molar-refractivity contribution in [2.75, 3.05) is 0 Å². The molecule has 3 nitrogen and oxygen atoms in total. The van der Waals surface area contributed by atoms with E-state index in [1.807, 2.05) is 34.6 Å². The molecule has 0 aliphatic rings. The third-order valence-electron chi connectivity index (χ3n) is 3.52. The summed E-state index contributed by atoms with van der Waals surface area (Å²) in [6, 6.07) is 0. The van der Waals surface area contributed by atoms with Crippen LogP contribution in [0.4, 0.5) is 0 Å². The second-order valence-corrected chi connectivity index (χ2v) is 6.78. The van der Waals surface area contributed by atoms with Gasteiger partial charge < -0.3 is 10.5 Å². The molecule has 2 unspecified atom stereocenters. The fourth-order valence-corrected chi connectivity index (χ4v) is 1.80. The van der Waals surface area contributed by atoms with Crippen molar-refractivity contribution in [2.45, 2.75) is 91.9 Å². The molecule has 0 aromatic heterocycles. The maximum Gasteiger partial charge on any atom is 0.140 e. The Labute approximate surface area is 119 Å². The number of nitrogens with two attached hydrogens (primary N) is 1. The van der Waals surface area contributed by atoms with Gasteiger partial charge in [-0.05, 0) is 19.8 Å². The monoisotopic (exact) mass is 271 g/mol. The van der Waals surface area contributed by atoms with Crippen LogP contribution in [0.2, 0.25) is 0 Å². The van der Waals surface area contributed by atoms with Crippen LogP contribution in [0, 0.1) is 5.41 Å². The number of hydrogen-bond donors (Lipinski definition) is 1. The second-order valence-electron chi connectivity index (χ2n) is 6.78. The van der Waals surface area contributed by atoms with Gasteiger partial charge >= 0.3 is 0 Å². The Morgan fingerprint density at radius 3 is 2.16 bits per heavy atom. The zero-order valence-electron chi connectivity index (χ0n) is 13.7. The number of Topliss-reactive ketones (excluding diaryl/α,β-unsaturated/α-hetero) is 1. The summed E-state index contributed by atoms with van der Waals surface area (Å²) in [6.45, 7) is 11.9. The predicted molar refractivity (Wildman–Crippen MR) is 81.0 cm³/mol. The SMILES string of the molecule is CCCCCC(CC(=O)C(C)(C)C)OC(C)(N)CC. The summed E-state index contributed by atoms with van der Waals surface area (Å²) in [7, 11) is 0. The van der Waals surface area contributed by atoms with Gasteiger partial charge in [0.1, 0.15) is 11.5 Å². The molecule has 0 saturated carbocycles. The zero-order chi connectivity index (χ0) is 15.1. The van der Waals surface area contributed by atoms with Gasteiger partial charge in [0.15, 0.2) is 0 Å². The van der Waals surface area contributed by atoms with Crippen LogP contribution in [0.3, 0.4) is 0 Å². The van der Waals surface area contributed by atoms with Crippen LogP contribution in [0.5, 0.6) is 0 Å². The molecule has 2 atom stereocenters. The fourth-order valence-electron chi connectivity index (χ4n) is 1.80. The number of ketones is 1. The molecule has 0 rings (SSSR count). The van der Waals surface area contributed by atoms with Gasteiger partial charge in [0, 0.05) is 11.8 Å². The highest BCUT2D eigenvalue weighted by atomic mass is 16.5. The van der Waals surface area contributed by atoms with Crippen molar-refractivity contribution in [3.8, 4) is 0 Å². The molecule has 114 valence electrons. The van der Waals surface area contributed by atoms with Crippen molar-refractivity contribution < 1.29 is 9.53 Å². The van der Waals surface area contributed by atoms with Gasteiger partial charge in [-0.15, -0.1) is 0 Å². The molecule has 0 spiro atoms. The van der Waals surface area contributed by atoms with E-state index >= 15 is 0 Å². The van der Waals surface area contributed by atoms with Crippen molar-refractivity contribution in [3.05, 3.63) is 0 Å². The van der Waals surface area contributed by atoms with Crippen molar-refractivity contribution in [3.63, 3.8) is 0 Å². The summed E-state index contributed by atoms with van der Waals surface area (Å²) >= 11 is 0. The highest BCUT2D eigenvalue weighted by Gasteiger charge is 2.28. The third kappa shape index (κ3) is 8.38. The van der Waals surface area contributed by atoms with Crippen LogP contribution < -0.4 is 5.73 Å². The standard InChI is InChI=1S/C16H33NO2/c1-7-9-10-11-13(19-16(6,17)8-2)12-14(18)15(3,4)5/h13H,7-12,17H2,1-6H3. The van der Waals surface area contributed by atoms with Crippen molar-refractivity contribution >= 4 is 5.78 Å². The van der Waals surface area contributed by atoms with Gasteiger partial charge in [-0.25, -0.2) is 0 Å². The number of ether oxygens (including phenoxy) is 1. The van der Waals surface area contributed by atoms with E-state index in [1.165, 1.54) is 12.8 Å². The van der Waals surface area contributed by atoms with E-state index in [0.29, 0.717) is 6.42 Å². The summed E-state index contributed by atoms with van der Waals surface area (Å²) in [6.07, 6.45) is 5.54. The molecule has 0 amide bonds. The van der Waals surface area contributed by atoms with Crippen molar-refractivity contribution in [2.24, 2.45) is 11.1 Å². The summed E-state index contributed by atoms with van der Waals surface area (Å²) < 4.78 is 5.96. The van der Waals surface area contributed by atoms with Crippen LogP contribution in [-0.2, 0) is 9.53 Å². The minimum atomic E-state index is -0.630. The average molecular weight is 271 g/mol. The molecule has 2 N–H and O–H groups in total. The third-order valence-corrected chi connectivity index (χ3v) is 3.52. The lowest BCUT2D eigenvalue weighted by Crippen LogP contribution is -2.43. The van der Waals surface area contributed by atoms with E-state index < -0.39 is 5.72 Å². The van der Waals surface area contributed by atoms with Crippen LogP contribution in [0.25, 0.3) is 0 Å². The molecule has 0 saturated heterocycles. The Bertz CT molecular complexity index is 266. The van der Waals surface area contributed by atoms with Gasteiger partial charge in [0.25, 0.3) is 0 Å². The molecule has 0 radical (unpaired) electrons. The van der Waals surface area contributed by atoms with Crippen LogP contribution >= 0.6 is 0 Å². The van der Waals surface area contributed by atoms with Gasteiger partial charge in [-0.1, -0.05) is 53.9 Å². The Hall–Kier alpha value is -0.410. The topological polar surface area (TPSA) is 52.3 Å². The van der Waals surface area contributed by atoms with Crippen molar-refractivity contribution in [1.29, 1.82) is 0 Å². The highest BCUT2D eigenvalue weighted by Crippen LogP contribution is 2.23. The Balaban J connectivity index is 4.54. The van der Waals surface area contributed by atoms with Crippen molar-refractivity contribution in [1.82, 2.24) is 0 Å².